The zero-order chi connectivity index (χ0) is 15.5. The maximum Gasteiger partial charge on any atom is 0.161 e. The van der Waals surface area contributed by atoms with Gasteiger partial charge in [-0.1, -0.05) is 36.4 Å². The van der Waals surface area contributed by atoms with Crippen molar-refractivity contribution in [1.82, 2.24) is 5.32 Å². The lowest BCUT2D eigenvalue weighted by Gasteiger charge is -2.29. The van der Waals surface area contributed by atoms with Gasteiger partial charge in [0.2, 0.25) is 0 Å². The number of hydrogen-bond acceptors (Lipinski definition) is 4. The van der Waals surface area contributed by atoms with Crippen LogP contribution in [0.1, 0.15) is 17.2 Å². The first-order valence-electron chi connectivity index (χ1n) is 8.19. The highest BCUT2D eigenvalue weighted by Gasteiger charge is 2.23. The Bertz CT molecular complexity index is 673. The van der Waals surface area contributed by atoms with E-state index in [4.69, 9.17) is 14.2 Å². The van der Waals surface area contributed by atoms with Crippen LogP contribution in [0.2, 0.25) is 0 Å². The number of rotatable bonds is 4. The second-order valence-corrected chi connectivity index (χ2v) is 5.96. The van der Waals surface area contributed by atoms with Gasteiger partial charge >= 0.3 is 0 Å². The minimum atomic E-state index is 0.0312. The third-order valence-electron chi connectivity index (χ3n) is 4.36. The van der Waals surface area contributed by atoms with E-state index in [0.29, 0.717) is 6.61 Å². The van der Waals surface area contributed by atoms with E-state index in [2.05, 4.69) is 29.6 Å². The van der Waals surface area contributed by atoms with Crippen LogP contribution >= 0.6 is 0 Å². The molecule has 0 unspecified atom stereocenters. The second kappa shape index (κ2) is 6.60. The molecular weight excluding hydrogens is 290 g/mol. The molecule has 0 saturated carbocycles. The Hall–Kier alpha value is -2.04. The molecule has 0 amide bonds. The predicted octanol–water partition coefficient (Wildman–Crippen LogP) is 2.73. The molecule has 0 saturated heterocycles. The summed E-state index contributed by atoms with van der Waals surface area (Å²) in [6, 6.07) is 16.3. The molecule has 2 heterocycles. The summed E-state index contributed by atoms with van der Waals surface area (Å²) < 4.78 is 17.6. The van der Waals surface area contributed by atoms with Crippen LogP contribution in [0, 0.1) is 0 Å². The van der Waals surface area contributed by atoms with Gasteiger partial charge in [0.15, 0.2) is 11.5 Å². The Morgan fingerprint density at radius 3 is 2.74 bits per heavy atom. The van der Waals surface area contributed by atoms with Crippen LogP contribution in [0.25, 0.3) is 0 Å². The largest absolute Gasteiger partial charge is 0.486 e. The van der Waals surface area contributed by atoms with Crippen molar-refractivity contribution in [3.8, 4) is 11.5 Å². The quantitative estimate of drug-likeness (QED) is 0.942. The fourth-order valence-corrected chi connectivity index (χ4v) is 3.18. The van der Waals surface area contributed by atoms with Crippen molar-refractivity contribution in [3.63, 3.8) is 0 Å². The van der Waals surface area contributed by atoms with Crippen molar-refractivity contribution < 1.29 is 14.2 Å². The highest BCUT2D eigenvalue weighted by atomic mass is 16.6. The average Bonchev–Trinajstić information content (AvgIpc) is 2.62. The molecular formula is C19H21NO3. The van der Waals surface area contributed by atoms with Gasteiger partial charge in [0.25, 0.3) is 0 Å². The van der Waals surface area contributed by atoms with Gasteiger partial charge in [-0.05, 0) is 29.7 Å². The summed E-state index contributed by atoms with van der Waals surface area (Å²) >= 11 is 0. The van der Waals surface area contributed by atoms with E-state index in [1.54, 1.807) is 0 Å². The molecule has 0 aromatic heterocycles. The lowest BCUT2D eigenvalue weighted by Crippen LogP contribution is -2.40. The minimum absolute atomic E-state index is 0.0312. The molecule has 0 aliphatic carbocycles. The molecule has 2 aliphatic heterocycles. The van der Waals surface area contributed by atoms with Crippen LogP contribution in [-0.4, -0.2) is 32.4 Å². The van der Waals surface area contributed by atoms with E-state index >= 15 is 0 Å². The van der Waals surface area contributed by atoms with Crippen molar-refractivity contribution in [2.45, 2.75) is 18.6 Å². The zero-order valence-electron chi connectivity index (χ0n) is 13.0. The van der Waals surface area contributed by atoms with Gasteiger partial charge in [0, 0.05) is 13.1 Å². The van der Waals surface area contributed by atoms with Gasteiger partial charge < -0.3 is 19.5 Å². The number of nitrogens with one attached hydrogen (secondary N) is 1. The van der Waals surface area contributed by atoms with Crippen LogP contribution < -0.4 is 14.8 Å². The smallest absolute Gasteiger partial charge is 0.161 e. The van der Waals surface area contributed by atoms with Gasteiger partial charge in [-0.3, -0.25) is 0 Å². The maximum absolute atomic E-state index is 5.96. The number of ether oxygens (including phenoxy) is 3. The molecule has 2 aromatic carbocycles. The highest BCUT2D eigenvalue weighted by Crippen LogP contribution is 2.31. The van der Waals surface area contributed by atoms with Crippen molar-refractivity contribution in [3.05, 3.63) is 59.7 Å². The molecule has 0 radical (unpaired) electrons. The summed E-state index contributed by atoms with van der Waals surface area (Å²) in [5.74, 6) is 1.65. The topological polar surface area (TPSA) is 39.7 Å². The van der Waals surface area contributed by atoms with E-state index in [0.717, 1.165) is 37.6 Å². The summed E-state index contributed by atoms with van der Waals surface area (Å²) in [7, 11) is 0. The predicted molar refractivity (Wildman–Crippen MR) is 88.1 cm³/mol. The van der Waals surface area contributed by atoms with E-state index in [-0.39, 0.29) is 12.2 Å². The van der Waals surface area contributed by atoms with E-state index in [1.165, 1.54) is 11.1 Å². The number of para-hydroxylation sites is 2. The highest BCUT2D eigenvalue weighted by molar-refractivity contribution is 5.40. The zero-order valence-corrected chi connectivity index (χ0v) is 13.0. The molecule has 4 nitrogen and oxygen atoms in total. The monoisotopic (exact) mass is 311 g/mol. The summed E-state index contributed by atoms with van der Waals surface area (Å²) in [6.07, 6.45) is 1.16. The van der Waals surface area contributed by atoms with Crippen molar-refractivity contribution >= 4 is 0 Å². The maximum atomic E-state index is 5.96. The number of hydrogen-bond donors (Lipinski definition) is 1. The molecule has 1 N–H and O–H groups in total. The fourth-order valence-electron chi connectivity index (χ4n) is 3.18. The van der Waals surface area contributed by atoms with Crippen LogP contribution in [-0.2, 0) is 11.2 Å². The molecule has 2 aliphatic rings. The molecule has 2 aromatic rings. The average molecular weight is 311 g/mol. The molecule has 23 heavy (non-hydrogen) atoms. The minimum Gasteiger partial charge on any atom is -0.486 e. The Balaban J connectivity index is 1.32. The molecule has 4 heteroatoms. The van der Waals surface area contributed by atoms with Gasteiger partial charge in [0.1, 0.15) is 12.7 Å². The van der Waals surface area contributed by atoms with Crippen molar-refractivity contribution in [2.75, 3.05) is 26.3 Å². The Morgan fingerprint density at radius 1 is 0.957 bits per heavy atom. The first-order chi connectivity index (χ1) is 11.4. The second-order valence-electron chi connectivity index (χ2n) is 5.96. The van der Waals surface area contributed by atoms with E-state index < -0.39 is 0 Å². The number of benzene rings is 2. The molecule has 0 spiro atoms. The lowest BCUT2D eigenvalue weighted by atomic mass is 9.97. The Kier molecular flexibility index (Phi) is 4.18. The molecule has 120 valence electrons. The SMILES string of the molecule is c1ccc2c(c1)CCO[C@@H]2CNC[C@@H]1COc2ccccc2O1. The summed E-state index contributed by atoms with van der Waals surface area (Å²) in [5.41, 5.74) is 2.70. The van der Waals surface area contributed by atoms with Crippen LogP contribution in [0.4, 0.5) is 0 Å². The first kappa shape index (κ1) is 14.5. The van der Waals surface area contributed by atoms with E-state index in [9.17, 15) is 0 Å². The van der Waals surface area contributed by atoms with Crippen LogP contribution in [0.15, 0.2) is 48.5 Å². The number of fused-ring (bicyclic) bond motifs is 2. The Morgan fingerprint density at radius 2 is 1.78 bits per heavy atom. The lowest BCUT2D eigenvalue weighted by molar-refractivity contribution is 0.0372. The van der Waals surface area contributed by atoms with Crippen LogP contribution in [0.3, 0.4) is 0 Å². The van der Waals surface area contributed by atoms with Crippen molar-refractivity contribution in [1.29, 1.82) is 0 Å². The van der Waals surface area contributed by atoms with Gasteiger partial charge in [0.05, 0.1) is 12.7 Å². The molecule has 2 atom stereocenters. The fraction of sp³-hybridized carbons (Fsp3) is 0.368. The first-order valence-corrected chi connectivity index (χ1v) is 8.19. The molecule has 0 bridgehead atoms. The Labute approximate surface area is 136 Å². The van der Waals surface area contributed by atoms with Gasteiger partial charge in [-0.15, -0.1) is 0 Å². The summed E-state index contributed by atoms with van der Waals surface area (Å²) in [6.45, 7) is 2.90. The third-order valence-corrected chi connectivity index (χ3v) is 4.36. The van der Waals surface area contributed by atoms with Crippen LogP contribution in [0.5, 0.6) is 11.5 Å². The normalized spacial score (nSPS) is 22.4. The summed E-state index contributed by atoms with van der Waals surface area (Å²) in [4.78, 5) is 0. The van der Waals surface area contributed by atoms with Gasteiger partial charge in [-0.2, -0.15) is 0 Å². The summed E-state index contributed by atoms with van der Waals surface area (Å²) in [5, 5.41) is 3.47. The molecule has 4 rings (SSSR count). The third kappa shape index (κ3) is 3.19. The molecule has 0 fully saturated rings. The van der Waals surface area contributed by atoms with Gasteiger partial charge in [-0.25, -0.2) is 0 Å². The van der Waals surface area contributed by atoms with Crippen molar-refractivity contribution in [2.24, 2.45) is 0 Å². The standard InChI is InChI=1S/C19H21NO3/c1-2-6-16-14(5-1)9-10-21-19(16)12-20-11-15-13-22-17-7-3-4-8-18(17)23-15/h1-8,15,19-20H,9-13H2/t15-,19-/m1/s1. The van der Waals surface area contributed by atoms with E-state index in [1.807, 2.05) is 24.3 Å².